The number of hydrogen-bond acceptors (Lipinski definition) is 30. The summed E-state index contributed by atoms with van der Waals surface area (Å²) in [6, 6.07) is 44.7. The van der Waals surface area contributed by atoms with E-state index in [0.29, 0.717) is 116 Å². The maximum absolute atomic E-state index is 13.1. The number of aliphatic hydroxyl groups excluding tert-OH is 1. The zero-order valence-electron chi connectivity index (χ0n) is 69.7. The van der Waals surface area contributed by atoms with Gasteiger partial charge in [0.1, 0.15) is 53.0 Å². The van der Waals surface area contributed by atoms with Gasteiger partial charge in [-0.2, -0.15) is 0 Å². The van der Waals surface area contributed by atoms with Crippen LogP contribution in [0.25, 0.3) is 66.1 Å². The van der Waals surface area contributed by atoms with Crippen LogP contribution in [0.15, 0.2) is 216 Å². The topological polar surface area (TPSA) is 416 Å². The summed E-state index contributed by atoms with van der Waals surface area (Å²) >= 11 is 15.5. The largest absolute Gasteiger partial charge is 0.573 e. The fourth-order valence-electron chi connectivity index (χ4n) is 13.1. The van der Waals surface area contributed by atoms with Gasteiger partial charge in [0.25, 0.3) is 16.7 Å². The van der Waals surface area contributed by atoms with Crippen molar-refractivity contribution >= 4 is 121 Å². The van der Waals surface area contributed by atoms with Crippen LogP contribution in [-0.4, -0.2) is 270 Å². The smallest absolute Gasteiger partial charge is 0.406 e. The van der Waals surface area contributed by atoms with Gasteiger partial charge in [-0.1, -0.05) is 113 Å². The third-order valence-corrected chi connectivity index (χ3v) is 20.3. The molecular formula is C87H93Cl3F3N25O11. The fourth-order valence-corrected chi connectivity index (χ4v) is 13.4. The molecule has 0 bridgehead atoms. The number of anilines is 4. The molecule has 0 radical (unpaired) electrons. The second-order valence-electron chi connectivity index (χ2n) is 28.3. The second-order valence-corrected chi connectivity index (χ2v) is 29.1. The predicted molar refractivity (Wildman–Crippen MR) is 483 cm³/mol. The SMILES string of the molecule is C.CCO.Cc1ccc(-c2ccc3nn[nH]c(=O)c3c2)cc1.Cc1ccc(-c2ccc3nnn(CC(=O)N4CCN(c5ncccn5)CC4)c(=O)c3c2)cc1.O=C(CCl)N1CCN(c2ncccn2)CC1.O=C(CCl)OC(=O)CCl.O=C(Cn1nnc2ccc(-c3ccc(OC(F)(F)F)cc3)cc2c1=O)N1CCN(c2ncccn2)CC1.c1cnc(N2CCNCC2)nc1. The number of carbonyl (C=O) groups excluding carboxylic acids is 5. The molecule has 17 rings (SSSR count). The van der Waals surface area contributed by atoms with Crippen LogP contribution in [0.2, 0.25) is 0 Å². The first-order valence-electron chi connectivity index (χ1n) is 40.2. The monoisotopic (exact) mass is 1830 g/mol. The normalized spacial score (nSPS) is 13.6. The number of carbonyl (C=O) groups is 5. The quantitative estimate of drug-likeness (QED) is 0.0495. The van der Waals surface area contributed by atoms with Gasteiger partial charge in [-0.3, -0.25) is 38.4 Å². The Morgan fingerprint density at radius 2 is 0.729 bits per heavy atom. The number of aryl methyl sites for hydroxylation is 2. The van der Waals surface area contributed by atoms with Gasteiger partial charge in [0, 0.05) is 161 Å². The van der Waals surface area contributed by atoms with Crippen molar-refractivity contribution in [2.75, 3.05) is 149 Å². The van der Waals surface area contributed by atoms with E-state index in [1.165, 1.54) is 35.4 Å². The van der Waals surface area contributed by atoms with Gasteiger partial charge in [-0.15, -0.1) is 63.3 Å². The number of H-pyrrole nitrogens is 1. The number of ether oxygens (including phenoxy) is 2. The van der Waals surface area contributed by atoms with Crippen LogP contribution >= 0.6 is 34.8 Å². The van der Waals surface area contributed by atoms with E-state index in [1.54, 1.807) is 114 Å². The summed E-state index contributed by atoms with van der Waals surface area (Å²) in [6.45, 7) is 16.9. The van der Waals surface area contributed by atoms with Crippen molar-refractivity contribution in [3.8, 4) is 39.1 Å². The van der Waals surface area contributed by atoms with Gasteiger partial charge in [0.15, 0.2) is 0 Å². The lowest BCUT2D eigenvalue weighted by Crippen LogP contribution is -2.50. The number of fused-ring (bicyclic) bond motifs is 3. The molecule has 0 spiro atoms. The summed E-state index contributed by atoms with van der Waals surface area (Å²) in [4.78, 5) is 142. The molecule has 3 N–H and O–H groups in total. The summed E-state index contributed by atoms with van der Waals surface area (Å²) in [6.07, 6.45) is 8.95. The van der Waals surface area contributed by atoms with Crippen molar-refractivity contribution in [1.82, 2.24) is 105 Å². The first-order chi connectivity index (χ1) is 62.0. The number of aromatic amines is 1. The number of hydrogen-bond donors (Lipinski definition) is 3. The van der Waals surface area contributed by atoms with Gasteiger partial charge in [-0.25, -0.2) is 54.3 Å². The van der Waals surface area contributed by atoms with E-state index in [9.17, 15) is 51.5 Å². The standard InChI is InChI=1S/C24H20F3N7O3.C24H23N7O2.C14H11N3O.C10H13ClN4O.C8H12N4.C4H4Cl2O3.C2H6O.CH4/c25-24(26,27)37-18-5-2-16(3-6-18)17-4-7-20-19(14-17)22(36)34(31-30-20)15-21(35)32-10-12-33(13-11-32)23-28-8-1-9-29-23;1-17-3-5-18(6-4-17)19-7-8-21-20(15-19)23(33)31(28-27-21)16-22(32)29-11-13-30(14-12-29)24-25-9-2-10-26-24;1-9-2-4-10(5-3-9)11-6-7-13-12(8-11)14(18)16-17-15-13;11-8-9(16)14-4-6-15(7-5-14)10-12-2-1-3-13-10;1-2-10-8(11-3-1)12-6-4-9-5-7-12;5-1-3(7)9-4(8)2-6;1-2-3;/h1-9,14H,10-13,15H2;2-10,15H,11-14,16H2,1H3;2-8H,1H3,(H,15,16,18);1-3H,4-8H2;1-3,9H,4-7H2;1-2H2;3H,2H2,1H3;1H4. The molecule has 0 unspecified atom stereocenters. The lowest BCUT2D eigenvalue weighted by atomic mass is 10.0. The van der Waals surface area contributed by atoms with E-state index in [0.717, 1.165) is 82.8 Å². The van der Waals surface area contributed by atoms with Crippen molar-refractivity contribution in [1.29, 1.82) is 0 Å². The van der Waals surface area contributed by atoms with Gasteiger partial charge < -0.3 is 54.2 Å². The van der Waals surface area contributed by atoms with E-state index in [4.69, 9.17) is 39.9 Å². The molecule has 0 atom stereocenters. The van der Waals surface area contributed by atoms with E-state index in [1.807, 2.05) is 96.4 Å². The zero-order chi connectivity index (χ0) is 90.9. The van der Waals surface area contributed by atoms with E-state index < -0.39 is 23.9 Å². The third kappa shape index (κ3) is 28.5. The van der Waals surface area contributed by atoms with E-state index in [2.05, 4.69) is 113 Å². The van der Waals surface area contributed by atoms with Crippen molar-refractivity contribution in [2.45, 2.75) is 47.6 Å². The van der Waals surface area contributed by atoms with Gasteiger partial charge in [0.2, 0.25) is 41.5 Å². The number of benzene rings is 6. The Bertz CT molecular complexity index is 5980. The number of amides is 3. The Labute approximate surface area is 752 Å². The lowest BCUT2D eigenvalue weighted by molar-refractivity contribution is -0.274. The van der Waals surface area contributed by atoms with Crippen LogP contribution < -0.4 is 46.3 Å². The molecule has 4 saturated heterocycles. The number of nitrogens with one attached hydrogen (secondary N) is 2. The lowest BCUT2D eigenvalue weighted by Gasteiger charge is -2.34. The first kappa shape index (κ1) is 97.2. The number of halogens is 6. The molecule has 4 aliphatic rings. The van der Waals surface area contributed by atoms with Crippen LogP contribution in [0.5, 0.6) is 5.75 Å². The highest BCUT2D eigenvalue weighted by molar-refractivity contribution is 6.29. The van der Waals surface area contributed by atoms with E-state index in [-0.39, 0.29) is 84.7 Å². The molecule has 129 heavy (non-hydrogen) atoms. The van der Waals surface area contributed by atoms with Gasteiger partial charge in [0.05, 0.1) is 16.2 Å². The Hall–Kier alpha value is -14.0. The van der Waals surface area contributed by atoms with Crippen LogP contribution in [0.4, 0.5) is 37.0 Å². The minimum absolute atomic E-state index is 0. The number of aromatic nitrogens is 17. The predicted octanol–water partition coefficient (Wildman–Crippen LogP) is 8.11. The highest BCUT2D eigenvalue weighted by Gasteiger charge is 2.32. The molecule has 7 aromatic heterocycles. The second kappa shape index (κ2) is 48.6. The minimum Gasteiger partial charge on any atom is -0.406 e. The average Bonchev–Trinajstić information content (AvgIpc) is 0.792. The third-order valence-electron chi connectivity index (χ3n) is 19.7. The Kier molecular flexibility index (Phi) is 36.6. The zero-order valence-corrected chi connectivity index (χ0v) is 72.0. The summed E-state index contributed by atoms with van der Waals surface area (Å²) in [5.41, 5.74) is 8.00. The summed E-state index contributed by atoms with van der Waals surface area (Å²) in [5.74, 6) is -0.0992. The number of alkyl halides is 6. The average molecular weight is 1830 g/mol. The molecule has 4 fully saturated rings. The van der Waals surface area contributed by atoms with E-state index >= 15 is 0 Å². The molecule has 0 saturated carbocycles. The van der Waals surface area contributed by atoms with Gasteiger partial charge >= 0.3 is 18.3 Å². The fraction of sp³-hybridized carbons (Fsp3) is 0.310. The first-order valence-corrected chi connectivity index (χ1v) is 41.8. The number of nitrogens with zero attached hydrogens (tertiary/aromatic N) is 23. The van der Waals surface area contributed by atoms with Crippen molar-refractivity contribution in [3.05, 3.63) is 243 Å². The molecule has 674 valence electrons. The highest BCUT2D eigenvalue weighted by Crippen LogP contribution is 2.29. The molecule has 36 nitrogen and oxygen atoms in total. The van der Waals surface area contributed by atoms with Crippen molar-refractivity contribution in [3.63, 3.8) is 0 Å². The molecule has 3 amide bonds. The molecule has 6 aromatic carbocycles. The summed E-state index contributed by atoms with van der Waals surface area (Å²) < 4.78 is 47.3. The minimum atomic E-state index is -4.78. The summed E-state index contributed by atoms with van der Waals surface area (Å²) in [5, 5.41) is 38.0. The van der Waals surface area contributed by atoms with Crippen LogP contribution in [0, 0.1) is 13.8 Å². The number of esters is 2. The number of piperazine rings is 4. The highest BCUT2D eigenvalue weighted by atomic mass is 35.5. The molecule has 13 aromatic rings. The van der Waals surface area contributed by atoms with Crippen molar-refractivity contribution in [2.24, 2.45) is 0 Å². The van der Waals surface area contributed by atoms with Crippen molar-refractivity contribution < 1.29 is 51.7 Å². The number of aliphatic hydroxyl groups is 1. The maximum Gasteiger partial charge on any atom is 0.573 e. The number of rotatable bonds is 15. The Balaban J connectivity index is 0.000000170. The molecule has 0 aliphatic carbocycles. The molecule has 11 heterocycles. The van der Waals surface area contributed by atoms with Crippen LogP contribution in [-0.2, 0) is 41.8 Å². The molecule has 42 heteroatoms. The van der Waals surface area contributed by atoms with Crippen LogP contribution in [0.1, 0.15) is 25.5 Å². The molecular weight excluding hydrogens is 1730 g/mol. The van der Waals surface area contributed by atoms with Crippen LogP contribution in [0.3, 0.4) is 0 Å². The molecule has 4 aliphatic heterocycles. The maximum atomic E-state index is 13.1. The summed E-state index contributed by atoms with van der Waals surface area (Å²) in [7, 11) is 0. The Morgan fingerprint density at radius 1 is 0.419 bits per heavy atom. The van der Waals surface area contributed by atoms with Gasteiger partial charge in [-0.05, 0) is 127 Å². The Morgan fingerprint density at radius 3 is 1.06 bits per heavy atom.